The second kappa shape index (κ2) is 3.98. The second-order valence-electron chi connectivity index (χ2n) is 2.38. The number of rotatable bonds is 4. The number of anilines is 1. The molecule has 11 heavy (non-hydrogen) atoms. The molecule has 0 amide bonds. The molecule has 1 aromatic rings. The Morgan fingerprint density at radius 2 is 2.55 bits per heavy atom. The van der Waals surface area contributed by atoms with Gasteiger partial charge in [-0.3, -0.25) is 0 Å². The molecule has 1 aromatic heterocycles. The van der Waals surface area contributed by atoms with E-state index in [9.17, 15) is 0 Å². The van der Waals surface area contributed by atoms with Crippen LogP contribution in [0.5, 0.6) is 0 Å². The molecule has 0 saturated carbocycles. The number of aromatic nitrogens is 1. The maximum Gasteiger partial charge on any atom is 0.296 e. The molecule has 0 aromatic carbocycles. The van der Waals surface area contributed by atoms with E-state index in [0.717, 1.165) is 13.0 Å². The van der Waals surface area contributed by atoms with Gasteiger partial charge < -0.3 is 15.1 Å². The molecule has 2 N–H and O–H groups in total. The summed E-state index contributed by atoms with van der Waals surface area (Å²) in [6.45, 7) is 1.59. The van der Waals surface area contributed by atoms with Crippen LogP contribution in [0.2, 0.25) is 0 Å². The molecule has 0 aliphatic carbocycles. The van der Waals surface area contributed by atoms with E-state index in [4.69, 9.17) is 10.2 Å². The van der Waals surface area contributed by atoms with E-state index < -0.39 is 0 Å². The molecule has 0 saturated heterocycles. The van der Waals surface area contributed by atoms with Crippen LogP contribution in [0.3, 0.4) is 0 Å². The molecule has 4 heteroatoms. The van der Waals surface area contributed by atoms with E-state index in [0.29, 0.717) is 12.6 Å². The van der Waals surface area contributed by atoms with Gasteiger partial charge >= 0.3 is 0 Å². The highest BCUT2D eigenvalue weighted by molar-refractivity contribution is 5.21. The topological polar surface area (TPSA) is 55.3 Å². The third kappa shape index (κ3) is 2.23. The zero-order valence-electron chi connectivity index (χ0n) is 6.66. The van der Waals surface area contributed by atoms with E-state index in [1.54, 1.807) is 12.5 Å². The predicted octanol–water partition coefficient (Wildman–Crippen LogP) is 0.460. The van der Waals surface area contributed by atoms with Gasteiger partial charge in [0, 0.05) is 13.6 Å². The van der Waals surface area contributed by atoms with Crippen molar-refractivity contribution in [1.29, 1.82) is 0 Å². The Kier molecular flexibility index (Phi) is 2.92. The van der Waals surface area contributed by atoms with Crippen LogP contribution in [0.25, 0.3) is 0 Å². The second-order valence-corrected chi connectivity index (χ2v) is 2.38. The predicted molar refractivity (Wildman–Crippen MR) is 43.4 cm³/mol. The standard InChI is InChI=1S/C7H13N3O/c1-10(5-2-3-8)7-9-4-6-11-7/h4,6H,2-3,5,8H2,1H3. The fraction of sp³-hybridized carbons (Fsp3) is 0.571. The Morgan fingerprint density at radius 3 is 3.09 bits per heavy atom. The summed E-state index contributed by atoms with van der Waals surface area (Å²) in [7, 11) is 1.93. The van der Waals surface area contributed by atoms with E-state index in [1.165, 1.54) is 0 Å². The summed E-state index contributed by atoms with van der Waals surface area (Å²) in [6, 6.07) is 0.651. The van der Waals surface area contributed by atoms with Gasteiger partial charge in [0.05, 0.1) is 6.20 Å². The fourth-order valence-electron chi connectivity index (χ4n) is 0.829. The molecule has 0 spiro atoms. The molecule has 1 heterocycles. The molecular formula is C7H13N3O. The minimum Gasteiger partial charge on any atom is -0.432 e. The van der Waals surface area contributed by atoms with Crippen LogP contribution in [0.4, 0.5) is 6.01 Å². The monoisotopic (exact) mass is 155 g/mol. The summed E-state index contributed by atoms with van der Waals surface area (Å²) in [6.07, 6.45) is 4.15. The maximum atomic E-state index is 5.35. The van der Waals surface area contributed by atoms with E-state index in [-0.39, 0.29) is 0 Å². The van der Waals surface area contributed by atoms with Crippen molar-refractivity contribution in [2.24, 2.45) is 5.73 Å². The Morgan fingerprint density at radius 1 is 1.73 bits per heavy atom. The van der Waals surface area contributed by atoms with Gasteiger partial charge in [-0.05, 0) is 13.0 Å². The lowest BCUT2D eigenvalue weighted by Crippen LogP contribution is -2.21. The summed E-state index contributed by atoms with van der Waals surface area (Å²) < 4.78 is 5.07. The molecule has 0 radical (unpaired) electrons. The SMILES string of the molecule is CN(CCCN)c1ncco1. The summed E-state index contributed by atoms with van der Waals surface area (Å²) in [5.74, 6) is 0. The van der Waals surface area contributed by atoms with Crippen LogP contribution in [0.15, 0.2) is 16.9 Å². The molecule has 0 bridgehead atoms. The van der Waals surface area contributed by atoms with Gasteiger partial charge in [-0.15, -0.1) is 0 Å². The van der Waals surface area contributed by atoms with Crippen molar-refractivity contribution in [2.75, 3.05) is 25.0 Å². The van der Waals surface area contributed by atoms with Gasteiger partial charge in [-0.25, -0.2) is 4.98 Å². The fourth-order valence-corrected chi connectivity index (χ4v) is 0.829. The molecule has 1 rings (SSSR count). The molecule has 62 valence electrons. The van der Waals surface area contributed by atoms with Crippen molar-refractivity contribution < 1.29 is 4.42 Å². The minimum absolute atomic E-state index is 0.651. The van der Waals surface area contributed by atoms with Gasteiger partial charge in [0.15, 0.2) is 0 Å². The van der Waals surface area contributed by atoms with Crippen molar-refractivity contribution in [2.45, 2.75) is 6.42 Å². The molecule has 0 aliphatic rings. The lowest BCUT2D eigenvalue weighted by molar-refractivity contribution is 0.543. The van der Waals surface area contributed by atoms with Crippen LogP contribution in [-0.2, 0) is 0 Å². The highest BCUT2D eigenvalue weighted by Gasteiger charge is 2.02. The quantitative estimate of drug-likeness (QED) is 0.686. The van der Waals surface area contributed by atoms with Crippen molar-refractivity contribution >= 4 is 6.01 Å². The van der Waals surface area contributed by atoms with Gasteiger partial charge in [-0.1, -0.05) is 0 Å². The maximum absolute atomic E-state index is 5.35. The highest BCUT2D eigenvalue weighted by Crippen LogP contribution is 2.06. The molecule has 0 atom stereocenters. The van der Waals surface area contributed by atoms with Crippen LogP contribution in [0, 0.1) is 0 Å². The Balaban J connectivity index is 2.36. The first-order valence-electron chi connectivity index (χ1n) is 3.65. The number of hydrogen-bond acceptors (Lipinski definition) is 4. The van der Waals surface area contributed by atoms with Gasteiger partial charge in [0.25, 0.3) is 6.01 Å². The number of nitrogens with two attached hydrogens (primary N) is 1. The molecule has 0 fully saturated rings. The van der Waals surface area contributed by atoms with Crippen LogP contribution in [-0.4, -0.2) is 25.1 Å². The lowest BCUT2D eigenvalue weighted by Gasteiger charge is -2.12. The average molecular weight is 155 g/mol. The average Bonchev–Trinajstić information content (AvgIpc) is 2.52. The largest absolute Gasteiger partial charge is 0.432 e. The number of hydrogen-bond donors (Lipinski definition) is 1. The molecule has 0 unspecified atom stereocenters. The van der Waals surface area contributed by atoms with Crippen LogP contribution < -0.4 is 10.6 Å². The van der Waals surface area contributed by atoms with Gasteiger partial charge in [0.1, 0.15) is 6.26 Å². The summed E-state index contributed by atoms with van der Waals surface area (Å²) in [5, 5.41) is 0. The van der Waals surface area contributed by atoms with Crippen molar-refractivity contribution in [3.8, 4) is 0 Å². The van der Waals surface area contributed by atoms with Crippen LogP contribution >= 0.6 is 0 Å². The lowest BCUT2D eigenvalue weighted by atomic mass is 10.4. The summed E-state index contributed by atoms with van der Waals surface area (Å²) in [5.41, 5.74) is 5.35. The van der Waals surface area contributed by atoms with Crippen LogP contribution in [0.1, 0.15) is 6.42 Å². The Labute approximate surface area is 66.0 Å². The molecular weight excluding hydrogens is 142 g/mol. The minimum atomic E-state index is 0.651. The third-order valence-corrected chi connectivity index (χ3v) is 1.44. The van der Waals surface area contributed by atoms with Crippen molar-refractivity contribution in [3.05, 3.63) is 12.5 Å². The third-order valence-electron chi connectivity index (χ3n) is 1.44. The first kappa shape index (κ1) is 8.07. The zero-order valence-corrected chi connectivity index (χ0v) is 6.66. The number of oxazole rings is 1. The first-order valence-corrected chi connectivity index (χ1v) is 3.65. The Bertz CT molecular complexity index is 186. The smallest absolute Gasteiger partial charge is 0.296 e. The van der Waals surface area contributed by atoms with E-state index in [2.05, 4.69) is 4.98 Å². The molecule has 0 aliphatic heterocycles. The normalized spacial score (nSPS) is 10.0. The number of nitrogens with zero attached hydrogens (tertiary/aromatic N) is 2. The van der Waals surface area contributed by atoms with Gasteiger partial charge in [0.2, 0.25) is 0 Å². The first-order chi connectivity index (χ1) is 5.34. The highest BCUT2D eigenvalue weighted by atomic mass is 16.4. The zero-order chi connectivity index (χ0) is 8.10. The summed E-state index contributed by atoms with van der Waals surface area (Å²) >= 11 is 0. The van der Waals surface area contributed by atoms with Gasteiger partial charge in [-0.2, -0.15) is 0 Å². The molecule has 4 nitrogen and oxygen atoms in total. The summed E-state index contributed by atoms with van der Waals surface area (Å²) in [4.78, 5) is 5.92. The van der Waals surface area contributed by atoms with Crippen molar-refractivity contribution in [3.63, 3.8) is 0 Å². The van der Waals surface area contributed by atoms with Crippen molar-refractivity contribution in [1.82, 2.24) is 4.98 Å². The van der Waals surface area contributed by atoms with E-state index >= 15 is 0 Å². The Hall–Kier alpha value is -1.03. The van der Waals surface area contributed by atoms with E-state index in [1.807, 2.05) is 11.9 Å².